The van der Waals surface area contributed by atoms with E-state index in [9.17, 15) is 5.11 Å². The van der Waals surface area contributed by atoms with Crippen LogP contribution in [0.4, 0.5) is 0 Å². The maximum absolute atomic E-state index is 9.47. The van der Waals surface area contributed by atoms with E-state index in [1.807, 2.05) is 0 Å². The van der Waals surface area contributed by atoms with Crippen molar-refractivity contribution in [3.8, 4) is 0 Å². The number of halogens is 2. The fourth-order valence-corrected chi connectivity index (χ4v) is 34.6. The third kappa shape index (κ3) is 3.10. The fourth-order valence-electron chi connectivity index (χ4n) is 5.14. The molecule has 2 atom stereocenters. The van der Waals surface area contributed by atoms with Crippen LogP contribution in [0.3, 0.4) is 0 Å². The number of allylic oxidation sites excluding steroid dienone is 2. The Morgan fingerprint density at radius 1 is 0.964 bits per heavy atom. The molecule has 2 aliphatic carbocycles. The van der Waals surface area contributed by atoms with Crippen molar-refractivity contribution in [3.63, 3.8) is 0 Å². The van der Waals surface area contributed by atoms with E-state index < -0.39 is 21.5 Å². The van der Waals surface area contributed by atoms with Gasteiger partial charge in [-0.3, -0.25) is 0 Å². The van der Waals surface area contributed by atoms with Crippen molar-refractivity contribution in [1.29, 1.82) is 0 Å². The molecule has 2 aliphatic rings. The van der Waals surface area contributed by atoms with Crippen molar-refractivity contribution in [1.82, 2.24) is 0 Å². The van der Waals surface area contributed by atoms with E-state index in [0.29, 0.717) is 0 Å². The van der Waals surface area contributed by atoms with Crippen molar-refractivity contribution in [2.75, 3.05) is 6.61 Å². The molecule has 4 rings (SSSR count). The first-order valence-corrected chi connectivity index (χ1v) is 26.4. The molecule has 0 aliphatic heterocycles. The zero-order valence-electron chi connectivity index (χ0n) is 16.4. The van der Waals surface area contributed by atoms with Crippen LogP contribution < -0.4 is 0 Å². The van der Waals surface area contributed by atoms with Gasteiger partial charge in [-0.15, -0.1) is 0 Å². The molecule has 0 heterocycles. The molecule has 0 fully saturated rings. The molecule has 28 heavy (non-hydrogen) atoms. The van der Waals surface area contributed by atoms with Crippen LogP contribution in [-0.2, 0) is 15.6 Å². The van der Waals surface area contributed by atoms with E-state index in [0.717, 1.165) is 12.8 Å². The normalized spacial score (nSPS) is 21.9. The van der Waals surface area contributed by atoms with Crippen LogP contribution in [-0.4, -0.2) is 17.6 Å². The SMILES string of the molecule is C[SiH](C)[Zr]([Cl])([Cl])([CH]1C=Cc2ccccc21)[CH]1C(CCCO)=Cc2ccccc21. The van der Waals surface area contributed by atoms with E-state index >= 15 is 0 Å². The first-order valence-electron chi connectivity index (χ1n) is 10.1. The summed E-state index contributed by atoms with van der Waals surface area (Å²) in [5, 5.41) is 9.47. The van der Waals surface area contributed by atoms with Gasteiger partial charge in [0.25, 0.3) is 0 Å². The van der Waals surface area contributed by atoms with Gasteiger partial charge in [-0.25, -0.2) is 0 Å². The maximum atomic E-state index is 9.47. The molecular weight excluding hydrogens is 482 g/mol. The Bertz CT molecular complexity index is 967. The second-order valence-corrected chi connectivity index (χ2v) is 51.1. The molecule has 0 radical (unpaired) electrons. The summed E-state index contributed by atoms with van der Waals surface area (Å²) < 4.78 is 0.293. The van der Waals surface area contributed by atoms with Gasteiger partial charge in [0, 0.05) is 0 Å². The summed E-state index contributed by atoms with van der Waals surface area (Å²) in [6.45, 7) is 4.90. The predicted molar refractivity (Wildman–Crippen MR) is 122 cm³/mol. The number of hydrogen-bond acceptors (Lipinski definition) is 1. The van der Waals surface area contributed by atoms with Gasteiger partial charge in [-0.2, -0.15) is 0 Å². The number of fused-ring (bicyclic) bond motifs is 2. The molecule has 2 unspecified atom stereocenters. The Labute approximate surface area is 176 Å². The van der Waals surface area contributed by atoms with Gasteiger partial charge in [0.1, 0.15) is 0 Å². The van der Waals surface area contributed by atoms with Gasteiger partial charge in [-0.05, 0) is 0 Å². The Balaban J connectivity index is 1.91. The number of hydrogen-bond donors (Lipinski definition) is 1. The molecule has 1 N–H and O–H groups in total. The number of aliphatic hydroxyl groups excluding tert-OH is 1. The average Bonchev–Trinajstić information content (AvgIpc) is 3.28. The second kappa shape index (κ2) is 7.67. The number of aliphatic hydroxyl groups is 1. The first kappa shape index (κ1) is 20.8. The summed E-state index contributed by atoms with van der Waals surface area (Å²) in [6, 6.07) is 17.2. The van der Waals surface area contributed by atoms with Crippen LogP contribution in [0.2, 0.25) is 13.1 Å². The van der Waals surface area contributed by atoms with Crippen LogP contribution in [0.1, 0.15) is 42.3 Å². The van der Waals surface area contributed by atoms with Gasteiger partial charge in [-0.1, -0.05) is 0 Å². The summed E-state index contributed by atoms with van der Waals surface area (Å²) in [5.74, 6) is -1.43. The molecule has 1 nitrogen and oxygen atoms in total. The van der Waals surface area contributed by atoms with E-state index in [2.05, 4.69) is 79.9 Å². The fraction of sp³-hybridized carbons (Fsp3) is 0.304. The Kier molecular flexibility index (Phi) is 5.70. The van der Waals surface area contributed by atoms with E-state index in [4.69, 9.17) is 17.0 Å². The molecular formula is C23H27Cl2OSiZr. The Hall–Kier alpha value is -0.440. The van der Waals surface area contributed by atoms with E-state index in [1.54, 1.807) is 0 Å². The topological polar surface area (TPSA) is 20.2 Å². The molecule has 2 aromatic carbocycles. The van der Waals surface area contributed by atoms with Crippen molar-refractivity contribution >= 4 is 35.1 Å². The van der Waals surface area contributed by atoms with Gasteiger partial charge < -0.3 is 0 Å². The van der Waals surface area contributed by atoms with Crippen molar-refractivity contribution in [2.45, 2.75) is 33.2 Å². The molecule has 0 amide bonds. The Morgan fingerprint density at radius 2 is 1.61 bits per heavy atom. The average molecular weight is 510 g/mol. The molecule has 0 saturated carbocycles. The molecule has 147 valence electrons. The summed E-state index contributed by atoms with van der Waals surface area (Å²) in [7, 11) is 15.9. The van der Waals surface area contributed by atoms with Crippen molar-refractivity contribution in [3.05, 3.63) is 82.4 Å². The Morgan fingerprint density at radius 3 is 2.29 bits per heavy atom. The van der Waals surface area contributed by atoms with Crippen molar-refractivity contribution < 1.29 is 20.7 Å². The molecule has 2 aromatic rings. The summed E-state index contributed by atoms with van der Waals surface area (Å²) >= 11 is -4.40. The van der Waals surface area contributed by atoms with Crippen LogP contribution in [0.15, 0.2) is 60.2 Å². The summed E-state index contributed by atoms with van der Waals surface area (Å²) in [5.41, 5.74) is 6.48. The number of rotatable bonds is 6. The molecule has 0 saturated heterocycles. The van der Waals surface area contributed by atoms with Crippen LogP contribution in [0.5, 0.6) is 0 Å². The third-order valence-corrected chi connectivity index (χ3v) is 58.7. The second-order valence-electron chi connectivity index (χ2n) is 8.45. The quantitative estimate of drug-likeness (QED) is 0.433. The molecule has 5 heteroatoms. The van der Waals surface area contributed by atoms with Crippen LogP contribution in [0, 0.1) is 0 Å². The molecule has 0 aromatic heterocycles. The van der Waals surface area contributed by atoms with E-state index in [1.165, 1.54) is 27.8 Å². The van der Waals surface area contributed by atoms with Crippen molar-refractivity contribution in [2.24, 2.45) is 0 Å². The van der Waals surface area contributed by atoms with Crippen LogP contribution >= 0.6 is 17.0 Å². The number of benzene rings is 2. The monoisotopic (exact) mass is 507 g/mol. The molecule has 0 spiro atoms. The zero-order chi connectivity index (χ0) is 20.0. The van der Waals surface area contributed by atoms with Gasteiger partial charge in [0.05, 0.1) is 0 Å². The zero-order valence-corrected chi connectivity index (χ0v) is 21.5. The minimum absolute atomic E-state index is 0.139. The minimum atomic E-state index is -4.40. The van der Waals surface area contributed by atoms with E-state index in [-0.39, 0.29) is 13.9 Å². The van der Waals surface area contributed by atoms with Gasteiger partial charge in [0.15, 0.2) is 0 Å². The third-order valence-electron chi connectivity index (χ3n) is 6.69. The van der Waals surface area contributed by atoms with Crippen LogP contribution in [0.25, 0.3) is 12.2 Å². The summed E-state index contributed by atoms with van der Waals surface area (Å²) in [6.07, 6.45) is 8.43. The van der Waals surface area contributed by atoms with Gasteiger partial charge in [0.2, 0.25) is 0 Å². The predicted octanol–water partition coefficient (Wildman–Crippen LogP) is 6.65. The standard InChI is InChI=1S/C12H13O.C9H7.C2H7Si.2ClH.Zr/c13-7-3-4-10-8-11-5-1-2-6-12(11)9-10;1-2-5-9-7-3-6-8(9)4-1;1-3-2;;;/h1-2,5-6,8-9,13H,3-4,7H2;1-7H;3H,1-2H3;2*1H;/q;;;;;+2/p-2. The first-order chi connectivity index (χ1) is 13.4. The summed E-state index contributed by atoms with van der Waals surface area (Å²) in [4.78, 5) is 0. The molecule has 0 bridgehead atoms. The van der Waals surface area contributed by atoms with Gasteiger partial charge >= 0.3 is 178 Å².